The molecule has 5 heteroatoms. The largest absolute Gasteiger partial charge is 0.484 e. The SMILES string of the molecule is CCc1ccc(OCC(=O)N(CCc2ccccc2)C(CC)C(=O)NC(C)C)cc1. The Balaban J connectivity index is 2.10. The fourth-order valence-electron chi connectivity index (χ4n) is 3.33. The molecule has 0 saturated heterocycles. The van der Waals surface area contributed by atoms with Gasteiger partial charge in [0.25, 0.3) is 5.91 Å². The van der Waals surface area contributed by atoms with Gasteiger partial charge in [0.05, 0.1) is 0 Å². The van der Waals surface area contributed by atoms with Crippen LogP contribution in [0.2, 0.25) is 0 Å². The van der Waals surface area contributed by atoms with Crippen LogP contribution in [0.3, 0.4) is 0 Å². The second-order valence-corrected chi connectivity index (χ2v) is 7.70. The average molecular weight is 411 g/mol. The molecule has 30 heavy (non-hydrogen) atoms. The number of aryl methyl sites for hydroxylation is 1. The summed E-state index contributed by atoms with van der Waals surface area (Å²) in [4.78, 5) is 27.5. The van der Waals surface area contributed by atoms with Crippen molar-refractivity contribution >= 4 is 11.8 Å². The smallest absolute Gasteiger partial charge is 0.261 e. The van der Waals surface area contributed by atoms with Crippen LogP contribution in [-0.4, -0.2) is 41.9 Å². The van der Waals surface area contributed by atoms with E-state index < -0.39 is 6.04 Å². The van der Waals surface area contributed by atoms with Gasteiger partial charge >= 0.3 is 0 Å². The Hall–Kier alpha value is -2.82. The summed E-state index contributed by atoms with van der Waals surface area (Å²) in [6.07, 6.45) is 2.18. The third-order valence-electron chi connectivity index (χ3n) is 4.99. The molecule has 0 bridgehead atoms. The van der Waals surface area contributed by atoms with E-state index in [1.54, 1.807) is 4.90 Å². The molecule has 0 aromatic heterocycles. The highest BCUT2D eigenvalue weighted by Gasteiger charge is 2.28. The minimum absolute atomic E-state index is 0.0194. The van der Waals surface area contributed by atoms with Crippen molar-refractivity contribution in [2.75, 3.05) is 13.2 Å². The van der Waals surface area contributed by atoms with Gasteiger partial charge in [-0.25, -0.2) is 0 Å². The van der Waals surface area contributed by atoms with E-state index in [-0.39, 0.29) is 24.5 Å². The van der Waals surface area contributed by atoms with Crippen LogP contribution in [0.4, 0.5) is 0 Å². The molecule has 2 aromatic carbocycles. The summed E-state index contributed by atoms with van der Waals surface area (Å²) in [7, 11) is 0. The van der Waals surface area contributed by atoms with Gasteiger partial charge in [-0.15, -0.1) is 0 Å². The Morgan fingerprint density at radius 3 is 2.20 bits per heavy atom. The van der Waals surface area contributed by atoms with Crippen molar-refractivity contribution in [2.45, 2.75) is 59.0 Å². The number of nitrogens with one attached hydrogen (secondary N) is 1. The van der Waals surface area contributed by atoms with Crippen LogP contribution in [0.1, 0.15) is 45.2 Å². The second kappa shape index (κ2) is 12.0. The zero-order valence-corrected chi connectivity index (χ0v) is 18.6. The molecule has 2 amide bonds. The number of carbonyl (C=O) groups is 2. The van der Waals surface area contributed by atoms with Gasteiger partial charge in [-0.05, 0) is 56.4 Å². The van der Waals surface area contributed by atoms with Crippen molar-refractivity contribution in [1.82, 2.24) is 10.2 Å². The molecule has 0 aliphatic carbocycles. The van der Waals surface area contributed by atoms with Crippen molar-refractivity contribution < 1.29 is 14.3 Å². The van der Waals surface area contributed by atoms with Crippen molar-refractivity contribution in [2.24, 2.45) is 0 Å². The summed E-state index contributed by atoms with van der Waals surface area (Å²) in [5, 5.41) is 2.94. The fraction of sp³-hybridized carbons (Fsp3) is 0.440. The van der Waals surface area contributed by atoms with Gasteiger partial charge in [0.15, 0.2) is 6.61 Å². The van der Waals surface area contributed by atoms with Gasteiger partial charge in [-0.2, -0.15) is 0 Å². The number of carbonyl (C=O) groups excluding carboxylic acids is 2. The monoisotopic (exact) mass is 410 g/mol. The predicted octanol–water partition coefficient (Wildman–Crippen LogP) is 4.00. The molecular weight excluding hydrogens is 376 g/mol. The molecule has 0 saturated carbocycles. The topological polar surface area (TPSA) is 58.6 Å². The Morgan fingerprint density at radius 1 is 0.967 bits per heavy atom. The first-order valence-electron chi connectivity index (χ1n) is 10.8. The molecule has 1 unspecified atom stereocenters. The first-order chi connectivity index (χ1) is 14.4. The quantitative estimate of drug-likeness (QED) is 0.609. The van der Waals surface area contributed by atoms with E-state index in [2.05, 4.69) is 12.2 Å². The lowest BCUT2D eigenvalue weighted by molar-refractivity contribution is -0.142. The minimum atomic E-state index is -0.519. The van der Waals surface area contributed by atoms with E-state index in [4.69, 9.17) is 4.74 Å². The lowest BCUT2D eigenvalue weighted by Crippen LogP contribution is -2.52. The summed E-state index contributed by atoms with van der Waals surface area (Å²) >= 11 is 0. The number of hydrogen-bond donors (Lipinski definition) is 1. The minimum Gasteiger partial charge on any atom is -0.484 e. The Bertz CT molecular complexity index is 788. The third kappa shape index (κ3) is 7.21. The van der Waals surface area contributed by atoms with Crippen LogP contribution in [0.25, 0.3) is 0 Å². The van der Waals surface area contributed by atoms with Crippen LogP contribution >= 0.6 is 0 Å². The fourth-order valence-corrected chi connectivity index (χ4v) is 3.33. The van der Waals surface area contributed by atoms with Gasteiger partial charge in [0.1, 0.15) is 11.8 Å². The number of nitrogens with zero attached hydrogens (tertiary/aromatic N) is 1. The highest BCUT2D eigenvalue weighted by molar-refractivity contribution is 5.88. The van der Waals surface area contributed by atoms with Crippen molar-refractivity contribution in [3.8, 4) is 5.75 Å². The molecule has 0 fully saturated rings. The van der Waals surface area contributed by atoms with Crippen molar-refractivity contribution in [3.63, 3.8) is 0 Å². The van der Waals surface area contributed by atoms with E-state index in [9.17, 15) is 9.59 Å². The second-order valence-electron chi connectivity index (χ2n) is 7.70. The molecule has 1 atom stereocenters. The number of rotatable bonds is 11. The standard InChI is InChI=1S/C25H34N2O3/c1-5-20-12-14-22(15-13-20)30-18-24(28)27(17-16-21-10-8-7-9-11-21)23(6-2)25(29)26-19(3)4/h7-15,19,23H,5-6,16-18H2,1-4H3,(H,26,29). The van der Waals surface area contributed by atoms with Gasteiger partial charge in [0.2, 0.25) is 5.91 Å². The number of benzene rings is 2. The number of hydrogen-bond acceptors (Lipinski definition) is 3. The average Bonchev–Trinajstić information content (AvgIpc) is 2.75. The van der Waals surface area contributed by atoms with E-state index in [0.29, 0.717) is 25.1 Å². The molecule has 2 aromatic rings. The number of ether oxygens (including phenoxy) is 1. The van der Waals surface area contributed by atoms with Crippen LogP contribution < -0.4 is 10.1 Å². The highest BCUT2D eigenvalue weighted by Crippen LogP contribution is 2.14. The summed E-state index contributed by atoms with van der Waals surface area (Å²) in [5.41, 5.74) is 2.35. The number of amides is 2. The van der Waals surface area contributed by atoms with Crippen molar-refractivity contribution in [1.29, 1.82) is 0 Å². The van der Waals surface area contributed by atoms with Crippen molar-refractivity contribution in [3.05, 3.63) is 65.7 Å². The molecule has 0 radical (unpaired) electrons. The van der Waals surface area contributed by atoms with E-state index >= 15 is 0 Å². The van der Waals surface area contributed by atoms with E-state index in [1.165, 1.54) is 5.56 Å². The lowest BCUT2D eigenvalue weighted by Gasteiger charge is -2.31. The first kappa shape index (κ1) is 23.5. The Kier molecular flexibility index (Phi) is 9.39. The van der Waals surface area contributed by atoms with Crippen LogP contribution in [0.5, 0.6) is 5.75 Å². The molecule has 1 N–H and O–H groups in total. The third-order valence-corrected chi connectivity index (χ3v) is 4.99. The highest BCUT2D eigenvalue weighted by atomic mass is 16.5. The molecule has 2 rings (SSSR count). The summed E-state index contributed by atoms with van der Waals surface area (Å²) in [6, 6.07) is 17.2. The van der Waals surface area contributed by atoms with Crippen LogP contribution in [0.15, 0.2) is 54.6 Å². The lowest BCUT2D eigenvalue weighted by atomic mass is 10.1. The summed E-state index contributed by atoms with van der Waals surface area (Å²) < 4.78 is 5.73. The zero-order chi connectivity index (χ0) is 21.9. The van der Waals surface area contributed by atoms with Gasteiger partial charge < -0.3 is 15.0 Å². The first-order valence-corrected chi connectivity index (χ1v) is 10.8. The van der Waals surface area contributed by atoms with Gasteiger partial charge in [-0.3, -0.25) is 9.59 Å². The molecule has 0 heterocycles. The predicted molar refractivity (Wildman–Crippen MR) is 121 cm³/mol. The molecule has 0 aliphatic heterocycles. The maximum atomic E-state index is 13.1. The van der Waals surface area contributed by atoms with Crippen LogP contribution in [-0.2, 0) is 22.4 Å². The van der Waals surface area contributed by atoms with E-state index in [1.807, 2.05) is 75.4 Å². The summed E-state index contributed by atoms with van der Waals surface area (Å²) in [5.74, 6) is 0.348. The molecule has 0 spiro atoms. The maximum absolute atomic E-state index is 13.1. The maximum Gasteiger partial charge on any atom is 0.261 e. The van der Waals surface area contributed by atoms with Crippen LogP contribution in [0, 0.1) is 0 Å². The molecule has 5 nitrogen and oxygen atoms in total. The molecule has 0 aliphatic rings. The molecule has 162 valence electrons. The Labute approximate surface area is 180 Å². The normalized spacial score (nSPS) is 11.8. The van der Waals surface area contributed by atoms with E-state index in [0.717, 1.165) is 12.0 Å². The Morgan fingerprint density at radius 2 is 1.63 bits per heavy atom. The summed E-state index contributed by atoms with van der Waals surface area (Å²) in [6.45, 7) is 8.24. The van der Waals surface area contributed by atoms with Gasteiger partial charge in [0, 0.05) is 12.6 Å². The van der Waals surface area contributed by atoms with Gasteiger partial charge in [-0.1, -0.05) is 56.3 Å². The zero-order valence-electron chi connectivity index (χ0n) is 18.6. The molecular formula is C25H34N2O3.